The summed E-state index contributed by atoms with van der Waals surface area (Å²) in [4.78, 5) is 19.6. The molecule has 6 nitrogen and oxygen atoms in total. The van der Waals surface area contributed by atoms with Gasteiger partial charge in [0.05, 0.1) is 5.69 Å². The van der Waals surface area contributed by atoms with Crippen molar-refractivity contribution in [3.05, 3.63) is 59.3 Å². The summed E-state index contributed by atoms with van der Waals surface area (Å²) in [5, 5.41) is 6.39. The monoisotopic (exact) mass is 325 g/mol. The van der Waals surface area contributed by atoms with Gasteiger partial charge in [0.15, 0.2) is 0 Å². The minimum Gasteiger partial charge on any atom is -0.369 e. The van der Waals surface area contributed by atoms with E-state index in [-0.39, 0.29) is 0 Å². The maximum absolute atomic E-state index is 10.5. The van der Waals surface area contributed by atoms with Crippen molar-refractivity contribution in [1.82, 2.24) is 15.2 Å². The summed E-state index contributed by atoms with van der Waals surface area (Å²) in [7, 11) is 0. The van der Waals surface area contributed by atoms with Crippen LogP contribution in [0.15, 0.2) is 53.8 Å². The van der Waals surface area contributed by atoms with Crippen LogP contribution in [0.3, 0.4) is 0 Å². The second-order valence-corrected chi connectivity index (χ2v) is 5.93. The first kappa shape index (κ1) is 16.5. The highest BCUT2D eigenvalue weighted by molar-refractivity contribution is 5.53. The maximum atomic E-state index is 10.5. The molecule has 0 bridgehead atoms. The fraction of sp³-hybridized carbons (Fsp3) is 0.389. The molecule has 0 atom stereocenters. The number of benzene rings is 1. The number of hydrogen-bond acceptors (Lipinski definition) is 6. The maximum Gasteiger partial charge on any atom is 0.108 e. The van der Waals surface area contributed by atoms with Crippen LogP contribution in [0.25, 0.3) is 0 Å². The van der Waals surface area contributed by atoms with Crippen LogP contribution in [0.2, 0.25) is 0 Å². The average Bonchev–Trinajstić information content (AvgIpc) is 2.67. The predicted octanol–water partition coefficient (Wildman–Crippen LogP) is 2.39. The summed E-state index contributed by atoms with van der Waals surface area (Å²) in [6.07, 6.45) is 1.83. The van der Waals surface area contributed by atoms with Crippen molar-refractivity contribution < 1.29 is 0 Å². The fourth-order valence-corrected chi connectivity index (χ4v) is 2.91. The summed E-state index contributed by atoms with van der Waals surface area (Å²) in [5.41, 5.74) is 2.72. The summed E-state index contributed by atoms with van der Waals surface area (Å²) in [5.74, 6) is 0. The van der Waals surface area contributed by atoms with E-state index < -0.39 is 0 Å². The molecule has 1 N–H and O–H groups in total. The third-order valence-corrected chi connectivity index (χ3v) is 4.33. The second-order valence-electron chi connectivity index (χ2n) is 5.93. The molecule has 2 heterocycles. The minimum atomic E-state index is 0.483. The molecule has 0 spiro atoms. The quantitative estimate of drug-likeness (QED) is 0.626. The molecule has 1 aromatic carbocycles. The third kappa shape index (κ3) is 4.59. The van der Waals surface area contributed by atoms with Gasteiger partial charge in [0.2, 0.25) is 0 Å². The molecule has 1 aromatic heterocycles. The molecule has 0 unspecified atom stereocenters. The summed E-state index contributed by atoms with van der Waals surface area (Å²) in [6.45, 7) is 6.96. The first-order chi connectivity index (χ1) is 11.8. The summed E-state index contributed by atoms with van der Waals surface area (Å²) < 4.78 is 0. The number of anilines is 1. The summed E-state index contributed by atoms with van der Waals surface area (Å²) >= 11 is 0. The Kier molecular flexibility index (Phi) is 5.87. The molecule has 3 rings (SSSR count). The van der Waals surface area contributed by atoms with Gasteiger partial charge in [-0.05, 0) is 41.6 Å². The van der Waals surface area contributed by atoms with Gasteiger partial charge in [-0.1, -0.05) is 6.07 Å². The fourth-order valence-electron chi connectivity index (χ4n) is 2.91. The van der Waals surface area contributed by atoms with Crippen LogP contribution >= 0.6 is 0 Å². The highest BCUT2D eigenvalue weighted by Gasteiger charge is 2.16. The Bertz CT molecular complexity index is 624. The lowest BCUT2D eigenvalue weighted by Gasteiger charge is -2.36. The number of aromatic nitrogens is 1. The smallest absolute Gasteiger partial charge is 0.108 e. The molecule has 1 saturated heterocycles. The van der Waals surface area contributed by atoms with Crippen molar-refractivity contribution in [3.63, 3.8) is 0 Å². The molecule has 1 aliphatic heterocycles. The van der Waals surface area contributed by atoms with Crippen LogP contribution in [0.4, 0.5) is 11.4 Å². The lowest BCUT2D eigenvalue weighted by Crippen LogP contribution is -2.48. The number of nitrogens with one attached hydrogen (secondary N) is 1. The van der Waals surface area contributed by atoms with E-state index in [9.17, 15) is 4.91 Å². The lowest BCUT2D eigenvalue weighted by molar-refractivity contribution is 0.257. The van der Waals surface area contributed by atoms with Crippen molar-refractivity contribution in [2.24, 2.45) is 5.18 Å². The van der Waals surface area contributed by atoms with Crippen molar-refractivity contribution >= 4 is 11.4 Å². The van der Waals surface area contributed by atoms with Crippen molar-refractivity contribution in [2.75, 3.05) is 44.2 Å². The largest absolute Gasteiger partial charge is 0.369 e. The first-order valence-corrected chi connectivity index (χ1v) is 8.36. The number of nitrogens with zero attached hydrogens (tertiary/aromatic N) is 4. The van der Waals surface area contributed by atoms with E-state index in [4.69, 9.17) is 0 Å². The molecule has 2 aromatic rings. The van der Waals surface area contributed by atoms with E-state index >= 15 is 0 Å². The predicted molar refractivity (Wildman–Crippen MR) is 96.5 cm³/mol. The third-order valence-electron chi connectivity index (χ3n) is 4.33. The van der Waals surface area contributed by atoms with Gasteiger partial charge in [-0.3, -0.25) is 9.88 Å². The lowest BCUT2D eigenvalue weighted by atomic mass is 10.2. The van der Waals surface area contributed by atoms with Gasteiger partial charge in [0.25, 0.3) is 0 Å². The Morgan fingerprint density at radius 2 is 1.83 bits per heavy atom. The SMILES string of the molecule is O=Nc1ccc(N2CCN(CCNCc3ccccn3)CC2)cc1. The van der Waals surface area contributed by atoms with Gasteiger partial charge in [0.1, 0.15) is 5.69 Å². The number of piperazine rings is 1. The molecule has 0 aliphatic carbocycles. The van der Waals surface area contributed by atoms with Gasteiger partial charge < -0.3 is 10.2 Å². The molecule has 6 heteroatoms. The van der Waals surface area contributed by atoms with Gasteiger partial charge in [-0.25, -0.2) is 0 Å². The Balaban J connectivity index is 1.36. The Morgan fingerprint density at radius 1 is 1.04 bits per heavy atom. The zero-order valence-electron chi connectivity index (χ0n) is 13.8. The zero-order chi connectivity index (χ0) is 16.6. The summed E-state index contributed by atoms with van der Waals surface area (Å²) in [6, 6.07) is 13.5. The molecule has 0 saturated carbocycles. The van der Waals surface area contributed by atoms with Gasteiger partial charge in [-0.2, -0.15) is 0 Å². The molecule has 126 valence electrons. The Hall–Kier alpha value is -2.31. The van der Waals surface area contributed by atoms with E-state index in [0.29, 0.717) is 5.69 Å². The van der Waals surface area contributed by atoms with E-state index in [0.717, 1.165) is 57.2 Å². The van der Waals surface area contributed by atoms with Crippen LogP contribution in [0.1, 0.15) is 5.69 Å². The first-order valence-electron chi connectivity index (χ1n) is 8.36. The van der Waals surface area contributed by atoms with Crippen molar-refractivity contribution in [2.45, 2.75) is 6.54 Å². The van der Waals surface area contributed by atoms with Crippen LogP contribution in [-0.4, -0.2) is 49.2 Å². The number of hydrogen-bond donors (Lipinski definition) is 1. The van der Waals surface area contributed by atoms with Gasteiger partial charge >= 0.3 is 0 Å². The van der Waals surface area contributed by atoms with E-state index in [1.54, 1.807) is 12.1 Å². The van der Waals surface area contributed by atoms with Crippen LogP contribution in [-0.2, 0) is 6.54 Å². The second kappa shape index (κ2) is 8.52. The molecule has 0 radical (unpaired) electrons. The molecule has 1 aliphatic rings. The number of rotatable bonds is 7. The standard InChI is InChI=1S/C18H23N5O/c24-21-16-4-6-18(7-5-16)23-13-11-22(12-14-23)10-9-19-15-17-3-1-2-8-20-17/h1-8,19H,9-15H2. The Labute approximate surface area is 142 Å². The van der Waals surface area contributed by atoms with E-state index in [1.165, 1.54) is 0 Å². The highest BCUT2D eigenvalue weighted by atomic mass is 16.3. The van der Waals surface area contributed by atoms with Gasteiger partial charge in [0, 0.05) is 57.7 Å². The van der Waals surface area contributed by atoms with E-state index in [1.807, 2.05) is 36.5 Å². The molecule has 1 fully saturated rings. The molecule has 24 heavy (non-hydrogen) atoms. The normalized spacial score (nSPS) is 15.4. The average molecular weight is 325 g/mol. The minimum absolute atomic E-state index is 0.483. The van der Waals surface area contributed by atoms with Crippen LogP contribution in [0.5, 0.6) is 0 Å². The van der Waals surface area contributed by atoms with Crippen molar-refractivity contribution in [1.29, 1.82) is 0 Å². The number of pyridine rings is 1. The highest BCUT2D eigenvalue weighted by Crippen LogP contribution is 2.20. The molecule has 0 amide bonds. The van der Waals surface area contributed by atoms with Crippen LogP contribution in [0, 0.1) is 4.91 Å². The van der Waals surface area contributed by atoms with Crippen molar-refractivity contribution in [3.8, 4) is 0 Å². The topological polar surface area (TPSA) is 60.8 Å². The molecular formula is C18H23N5O. The zero-order valence-corrected chi connectivity index (χ0v) is 13.8. The van der Waals surface area contributed by atoms with Gasteiger partial charge in [-0.15, -0.1) is 4.91 Å². The molecular weight excluding hydrogens is 302 g/mol. The Morgan fingerprint density at radius 3 is 2.50 bits per heavy atom. The van der Waals surface area contributed by atoms with E-state index in [2.05, 4.69) is 25.3 Å². The van der Waals surface area contributed by atoms with Crippen LogP contribution < -0.4 is 10.2 Å². The number of nitroso groups, excluding NO2 is 1.